The molecule has 33 heavy (non-hydrogen) atoms. The minimum Gasteiger partial charge on any atom is -0.497 e. The van der Waals surface area contributed by atoms with Crippen LogP contribution in [0, 0.1) is 11.3 Å². The van der Waals surface area contributed by atoms with E-state index in [1.54, 1.807) is 55.7 Å². The Kier molecular flexibility index (Phi) is 6.34. The summed E-state index contributed by atoms with van der Waals surface area (Å²) >= 11 is 5.87. The smallest absolute Gasteiger partial charge is 0.336 e. The van der Waals surface area contributed by atoms with Crippen molar-refractivity contribution >= 4 is 23.6 Å². The molecule has 0 fully saturated rings. The SMILES string of the molecule is COc1ccc(C2C(C#N)=C(N)Oc3cc(OC(=O)/C=C/c4ccc(Cl)cc4)ccc32)cc1. The molecule has 3 aromatic carbocycles. The summed E-state index contributed by atoms with van der Waals surface area (Å²) in [4.78, 5) is 12.3. The Bertz CT molecular complexity index is 1290. The molecule has 1 unspecified atom stereocenters. The Morgan fingerprint density at radius 3 is 2.45 bits per heavy atom. The van der Waals surface area contributed by atoms with Gasteiger partial charge < -0.3 is 19.9 Å². The summed E-state index contributed by atoms with van der Waals surface area (Å²) in [7, 11) is 1.59. The monoisotopic (exact) mass is 458 g/mol. The van der Waals surface area contributed by atoms with Crippen molar-refractivity contribution in [2.24, 2.45) is 5.73 Å². The van der Waals surface area contributed by atoms with Gasteiger partial charge in [-0.15, -0.1) is 0 Å². The number of nitrogens with two attached hydrogens (primary N) is 1. The fourth-order valence-corrected chi connectivity index (χ4v) is 3.65. The van der Waals surface area contributed by atoms with Crippen molar-refractivity contribution in [3.05, 3.63) is 106 Å². The summed E-state index contributed by atoms with van der Waals surface area (Å²) in [6.07, 6.45) is 2.96. The fourth-order valence-electron chi connectivity index (χ4n) is 3.53. The average Bonchev–Trinajstić information content (AvgIpc) is 2.83. The zero-order chi connectivity index (χ0) is 23.4. The van der Waals surface area contributed by atoms with Crippen LogP contribution >= 0.6 is 11.6 Å². The lowest BCUT2D eigenvalue weighted by Crippen LogP contribution is -2.21. The van der Waals surface area contributed by atoms with Crippen molar-refractivity contribution in [3.8, 4) is 23.3 Å². The van der Waals surface area contributed by atoms with E-state index in [9.17, 15) is 10.1 Å². The predicted molar refractivity (Wildman–Crippen MR) is 125 cm³/mol. The van der Waals surface area contributed by atoms with Crippen molar-refractivity contribution < 1.29 is 19.0 Å². The standard InChI is InChI=1S/C26H19ClN2O4/c1-31-19-9-5-17(6-10-19)25-21-12-11-20(14-23(21)33-26(29)22(25)15-28)32-24(30)13-4-16-2-7-18(27)8-3-16/h2-14,25H,29H2,1H3/b13-4+. The second kappa shape index (κ2) is 9.51. The van der Waals surface area contributed by atoms with Gasteiger partial charge in [-0.05, 0) is 47.5 Å². The normalized spacial score (nSPS) is 14.9. The number of ether oxygens (including phenoxy) is 3. The molecule has 6 nitrogen and oxygen atoms in total. The lowest BCUT2D eigenvalue weighted by Gasteiger charge is -2.26. The van der Waals surface area contributed by atoms with Crippen molar-refractivity contribution in [3.63, 3.8) is 0 Å². The van der Waals surface area contributed by atoms with Gasteiger partial charge in [0, 0.05) is 22.7 Å². The lowest BCUT2D eigenvalue weighted by molar-refractivity contribution is -0.128. The van der Waals surface area contributed by atoms with Crippen molar-refractivity contribution in [1.82, 2.24) is 0 Å². The number of benzene rings is 3. The van der Waals surface area contributed by atoms with E-state index in [1.807, 2.05) is 24.3 Å². The molecule has 0 radical (unpaired) electrons. The van der Waals surface area contributed by atoms with E-state index in [-0.39, 0.29) is 5.88 Å². The van der Waals surface area contributed by atoms with E-state index in [2.05, 4.69) is 6.07 Å². The number of fused-ring (bicyclic) bond motifs is 1. The summed E-state index contributed by atoms with van der Waals surface area (Å²) in [5, 5.41) is 10.3. The summed E-state index contributed by atoms with van der Waals surface area (Å²) in [6, 6.07) is 21.6. The van der Waals surface area contributed by atoms with Crippen LogP contribution in [0.3, 0.4) is 0 Å². The molecule has 7 heteroatoms. The largest absolute Gasteiger partial charge is 0.497 e. The first-order valence-corrected chi connectivity index (χ1v) is 10.4. The van der Waals surface area contributed by atoms with Gasteiger partial charge in [-0.2, -0.15) is 5.26 Å². The number of esters is 1. The molecular formula is C26H19ClN2O4. The highest BCUT2D eigenvalue weighted by Gasteiger charge is 2.31. The van der Waals surface area contributed by atoms with E-state index in [0.717, 1.165) is 16.7 Å². The van der Waals surface area contributed by atoms with Gasteiger partial charge in [0.2, 0.25) is 5.88 Å². The van der Waals surface area contributed by atoms with E-state index in [1.165, 1.54) is 6.08 Å². The molecule has 0 amide bonds. The number of hydrogen-bond acceptors (Lipinski definition) is 6. The number of hydrogen-bond donors (Lipinski definition) is 1. The van der Waals surface area contributed by atoms with Gasteiger partial charge in [0.05, 0.1) is 13.0 Å². The highest BCUT2D eigenvalue weighted by Crippen LogP contribution is 2.43. The zero-order valence-electron chi connectivity index (χ0n) is 17.6. The first-order valence-electron chi connectivity index (χ1n) is 9.99. The highest BCUT2D eigenvalue weighted by molar-refractivity contribution is 6.30. The van der Waals surface area contributed by atoms with Crippen molar-refractivity contribution in [1.29, 1.82) is 5.26 Å². The number of methoxy groups -OCH3 is 1. The Hall–Kier alpha value is -4.21. The highest BCUT2D eigenvalue weighted by atomic mass is 35.5. The quantitative estimate of drug-likeness (QED) is 0.321. The van der Waals surface area contributed by atoms with E-state index in [0.29, 0.717) is 27.8 Å². The van der Waals surface area contributed by atoms with Gasteiger partial charge in [-0.3, -0.25) is 0 Å². The van der Waals surface area contributed by atoms with Crippen LogP contribution in [0.25, 0.3) is 6.08 Å². The molecule has 1 aliphatic rings. The first-order chi connectivity index (χ1) is 16.0. The van der Waals surface area contributed by atoms with Gasteiger partial charge in [0.15, 0.2) is 0 Å². The third-order valence-corrected chi connectivity index (χ3v) is 5.39. The number of rotatable bonds is 5. The van der Waals surface area contributed by atoms with Gasteiger partial charge in [-0.25, -0.2) is 4.79 Å². The molecule has 0 bridgehead atoms. The van der Waals surface area contributed by atoms with Crippen molar-refractivity contribution in [2.45, 2.75) is 5.92 Å². The van der Waals surface area contributed by atoms with Crippen LogP contribution in [-0.4, -0.2) is 13.1 Å². The third-order valence-electron chi connectivity index (χ3n) is 5.14. The number of nitriles is 1. The molecule has 0 saturated heterocycles. The van der Waals surface area contributed by atoms with Crippen LogP contribution in [0.5, 0.6) is 17.2 Å². The second-order valence-corrected chi connectivity index (χ2v) is 7.64. The number of halogens is 1. The molecule has 1 heterocycles. The molecule has 1 atom stereocenters. The fraction of sp³-hybridized carbons (Fsp3) is 0.0769. The van der Waals surface area contributed by atoms with E-state index >= 15 is 0 Å². The molecule has 0 spiro atoms. The van der Waals surface area contributed by atoms with Gasteiger partial charge in [-0.1, -0.05) is 41.9 Å². The second-order valence-electron chi connectivity index (χ2n) is 7.20. The summed E-state index contributed by atoms with van der Waals surface area (Å²) < 4.78 is 16.3. The molecule has 164 valence electrons. The molecule has 2 N–H and O–H groups in total. The number of allylic oxidation sites excluding steroid dienone is 1. The summed E-state index contributed by atoms with van der Waals surface area (Å²) in [5.74, 6) is 0.459. The molecule has 1 aliphatic heterocycles. The topological polar surface area (TPSA) is 94.6 Å². The Morgan fingerprint density at radius 2 is 1.79 bits per heavy atom. The molecule has 3 aromatic rings. The van der Waals surface area contributed by atoms with Gasteiger partial charge in [0.1, 0.15) is 28.9 Å². The molecule has 4 rings (SSSR count). The third kappa shape index (κ3) is 4.84. The Balaban J connectivity index is 1.58. The first kappa shape index (κ1) is 22.0. The summed E-state index contributed by atoms with van der Waals surface area (Å²) in [5.41, 5.74) is 8.76. The maximum absolute atomic E-state index is 12.3. The average molecular weight is 459 g/mol. The van der Waals surface area contributed by atoms with Crippen LogP contribution in [0.1, 0.15) is 22.6 Å². The van der Waals surface area contributed by atoms with Crippen LogP contribution in [0.15, 0.2) is 84.3 Å². The van der Waals surface area contributed by atoms with Crippen LogP contribution < -0.4 is 19.9 Å². The Morgan fingerprint density at radius 1 is 1.09 bits per heavy atom. The number of nitrogens with zero attached hydrogens (tertiary/aromatic N) is 1. The Labute approximate surface area is 196 Å². The maximum Gasteiger partial charge on any atom is 0.336 e. The molecule has 0 aromatic heterocycles. The van der Waals surface area contributed by atoms with Crippen LogP contribution in [0.4, 0.5) is 0 Å². The lowest BCUT2D eigenvalue weighted by atomic mass is 9.83. The molecule has 0 aliphatic carbocycles. The van der Waals surface area contributed by atoms with Gasteiger partial charge in [0.25, 0.3) is 0 Å². The molecular weight excluding hydrogens is 440 g/mol. The minimum absolute atomic E-state index is 0.0110. The minimum atomic E-state index is -0.548. The van der Waals surface area contributed by atoms with E-state index in [4.69, 9.17) is 31.5 Å². The van der Waals surface area contributed by atoms with Crippen LogP contribution in [-0.2, 0) is 4.79 Å². The summed E-state index contributed by atoms with van der Waals surface area (Å²) in [6.45, 7) is 0. The predicted octanol–water partition coefficient (Wildman–Crippen LogP) is 5.19. The molecule has 0 saturated carbocycles. The number of carbonyl (C=O) groups is 1. The van der Waals surface area contributed by atoms with Crippen molar-refractivity contribution in [2.75, 3.05) is 7.11 Å². The van der Waals surface area contributed by atoms with Gasteiger partial charge >= 0.3 is 5.97 Å². The number of carbonyl (C=O) groups excluding carboxylic acids is 1. The van der Waals surface area contributed by atoms with E-state index < -0.39 is 11.9 Å². The maximum atomic E-state index is 12.3. The zero-order valence-corrected chi connectivity index (χ0v) is 18.4. The van der Waals surface area contributed by atoms with Crippen LogP contribution in [0.2, 0.25) is 5.02 Å².